The number of carbonyl (C=O) groups is 2. The van der Waals surface area contributed by atoms with Gasteiger partial charge in [-0.3, -0.25) is 9.59 Å². The molecule has 2 saturated heterocycles. The van der Waals surface area contributed by atoms with Crippen molar-refractivity contribution in [3.63, 3.8) is 0 Å². The lowest BCUT2D eigenvalue weighted by molar-refractivity contribution is -0.125. The van der Waals surface area contributed by atoms with Gasteiger partial charge in [-0.05, 0) is 50.9 Å². The molecule has 2 amide bonds. The summed E-state index contributed by atoms with van der Waals surface area (Å²) in [5.74, 6) is 0.205. The maximum atomic E-state index is 12.6. The fourth-order valence-electron chi connectivity index (χ4n) is 3.20. The second-order valence-electron chi connectivity index (χ2n) is 6.49. The predicted octanol–water partition coefficient (Wildman–Crippen LogP) is 2.56. The highest BCUT2D eigenvalue weighted by molar-refractivity contribution is 5.98. The number of hydrogen-bond acceptors (Lipinski definition) is 3. The highest BCUT2D eigenvalue weighted by atomic mass is 35.5. The monoisotopic (exact) mass is 337 g/mol. The highest BCUT2D eigenvalue weighted by Crippen LogP contribution is 2.29. The molecule has 1 aromatic carbocycles. The Labute approximate surface area is 143 Å². The van der Waals surface area contributed by atoms with Gasteiger partial charge in [0, 0.05) is 30.9 Å². The smallest absolute Gasteiger partial charge is 0.231 e. The van der Waals surface area contributed by atoms with E-state index in [-0.39, 0.29) is 29.6 Å². The van der Waals surface area contributed by atoms with Crippen molar-refractivity contribution in [3.8, 4) is 0 Å². The first-order valence-electron chi connectivity index (χ1n) is 8.01. The van der Waals surface area contributed by atoms with Gasteiger partial charge in [-0.25, -0.2) is 0 Å². The lowest BCUT2D eigenvalue weighted by Gasteiger charge is -2.32. The SMILES string of the molecule is CC1(C(=O)Nc2cccc(N3CCCC3=O)c2)CCCNC1.Cl. The Kier molecular flexibility index (Phi) is 5.65. The van der Waals surface area contributed by atoms with Crippen LogP contribution in [0.25, 0.3) is 0 Å². The minimum absolute atomic E-state index is 0. The van der Waals surface area contributed by atoms with E-state index in [1.54, 1.807) is 4.90 Å². The second-order valence-corrected chi connectivity index (χ2v) is 6.49. The van der Waals surface area contributed by atoms with Gasteiger partial charge in [0.25, 0.3) is 0 Å². The summed E-state index contributed by atoms with van der Waals surface area (Å²) in [7, 11) is 0. The number of hydrogen-bond donors (Lipinski definition) is 2. The van der Waals surface area contributed by atoms with Crippen molar-refractivity contribution in [1.29, 1.82) is 0 Å². The van der Waals surface area contributed by atoms with Crippen LogP contribution in [-0.2, 0) is 9.59 Å². The molecule has 5 nitrogen and oxygen atoms in total. The molecular weight excluding hydrogens is 314 g/mol. The van der Waals surface area contributed by atoms with Gasteiger partial charge >= 0.3 is 0 Å². The molecule has 1 aromatic rings. The molecule has 6 heteroatoms. The fourth-order valence-corrected chi connectivity index (χ4v) is 3.20. The van der Waals surface area contributed by atoms with E-state index in [1.165, 1.54) is 0 Å². The second kappa shape index (κ2) is 7.32. The molecule has 2 aliphatic rings. The number of anilines is 2. The van der Waals surface area contributed by atoms with Gasteiger partial charge in [0.1, 0.15) is 0 Å². The average Bonchev–Trinajstić information content (AvgIpc) is 2.94. The Morgan fingerprint density at radius 2 is 2.17 bits per heavy atom. The largest absolute Gasteiger partial charge is 0.326 e. The Hall–Kier alpha value is -1.59. The lowest BCUT2D eigenvalue weighted by Crippen LogP contribution is -2.46. The van der Waals surface area contributed by atoms with E-state index in [0.29, 0.717) is 13.0 Å². The van der Waals surface area contributed by atoms with Gasteiger partial charge in [0.15, 0.2) is 0 Å². The molecule has 0 bridgehead atoms. The molecule has 0 spiro atoms. The highest BCUT2D eigenvalue weighted by Gasteiger charge is 2.34. The van der Waals surface area contributed by atoms with Crippen LogP contribution in [0.4, 0.5) is 11.4 Å². The van der Waals surface area contributed by atoms with E-state index in [1.807, 2.05) is 31.2 Å². The number of benzene rings is 1. The van der Waals surface area contributed by atoms with Crippen molar-refractivity contribution >= 4 is 35.6 Å². The molecule has 2 N–H and O–H groups in total. The number of halogens is 1. The minimum atomic E-state index is -0.363. The summed E-state index contributed by atoms with van der Waals surface area (Å²) in [6, 6.07) is 7.57. The van der Waals surface area contributed by atoms with E-state index < -0.39 is 0 Å². The molecule has 2 fully saturated rings. The van der Waals surface area contributed by atoms with Crippen LogP contribution in [0.2, 0.25) is 0 Å². The van der Waals surface area contributed by atoms with Gasteiger partial charge < -0.3 is 15.5 Å². The first-order chi connectivity index (χ1) is 10.6. The van der Waals surface area contributed by atoms with Gasteiger partial charge in [0.2, 0.25) is 11.8 Å². The van der Waals surface area contributed by atoms with Crippen LogP contribution in [-0.4, -0.2) is 31.4 Å². The normalized spacial score (nSPS) is 24.2. The summed E-state index contributed by atoms with van der Waals surface area (Å²) >= 11 is 0. The molecule has 0 aromatic heterocycles. The number of carbonyl (C=O) groups excluding carboxylic acids is 2. The Bertz CT molecular complexity index is 585. The van der Waals surface area contributed by atoms with Gasteiger partial charge in [-0.1, -0.05) is 6.07 Å². The summed E-state index contributed by atoms with van der Waals surface area (Å²) in [4.78, 5) is 26.2. The van der Waals surface area contributed by atoms with Crippen LogP contribution in [0.5, 0.6) is 0 Å². The van der Waals surface area contributed by atoms with Crippen LogP contribution in [0.3, 0.4) is 0 Å². The molecular formula is C17H24ClN3O2. The van der Waals surface area contributed by atoms with E-state index in [2.05, 4.69) is 10.6 Å². The number of rotatable bonds is 3. The Morgan fingerprint density at radius 1 is 1.35 bits per heavy atom. The zero-order valence-corrected chi connectivity index (χ0v) is 14.2. The fraction of sp³-hybridized carbons (Fsp3) is 0.529. The third kappa shape index (κ3) is 3.85. The quantitative estimate of drug-likeness (QED) is 0.891. The van der Waals surface area contributed by atoms with Gasteiger partial charge in [-0.2, -0.15) is 0 Å². The number of amides is 2. The van der Waals surface area contributed by atoms with Gasteiger partial charge in [0.05, 0.1) is 5.41 Å². The molecule has 2 heterocycles. The first-order valence-corrected chi connectivity index (χ1v) is 8.01. The third-order valence-corrected chi connectivity index (χ3v) is 4.63. The molecule has 2 aliphatic heterocycles. The predicted molar refractivity (Wildman–Crippen MR) is 94.1 cm³/mol. The van der Waals surface area contributed by atoms with Crippen LogP contribution >= 0.6 is 12.4 Å². The van der Waals surface area contributed by atoms with Gasteiger partial charge in [-0.15, -0.1) is 12.4 Å². The molecule has 3 rings (SSSR count). The molecule has 0 aliphatic carbocycles. The zero-order chi connectivity index (χ0) is 15.6. The molecule has 1 atom stereocenters. The van der Waals surface area contributed by atoms with Crippen LogP contribution in [0, 0.1) is 5.41 Å². The molecule has 0 radical (unpaired) electrons. The lowest BCUT2D eigenvalue weighted by atomic mass is 9.82. The Balaban J connectivity index is 0.00000192. The number of nitrogens with zero attached hydrogens (tertiary/aromatic N) is 1. The maximum absolute atomic E-state index is 12.6. The minimum Gasteiger partial charge on any atom is -0.326 e. The van der Waals surface area contributed by atoms with E-state index in [9.17, 15) is 9.59 Å². The van der Waals surface area contributed by atoms with E-state index in [0.717, 1.165) is 43.7 Å². The van der Waals surface area contributed by atoms with Crippen molar-refractivity contribution in [1.82, 2.24) is 5.32 Å². The van der Waals surface area contributed by atoms with Crippen LogP contribution in [0.1, 0.15) is 32.6 Å². The van der Waals surface area contributed by atoms with Crippen molar-refractivity contribution in [2.24, 2.45) is 5.41 Å². The molecule has 0 saturated carbocycles. The zero-order valence-electron chi connectivity index (χ0n) is 13.4. The van der Waals surface area contributed by atoms with E-state index >= 15 is 0 Å². The van der Waals surface area contributed by atoms with E-state index in [4.69, 9.17) is 0 Å². The summed E-state index contributed by atoms with van der Waals surface area (Å²) < 4.78 is 0. The first kappa shape index (κ1) is 17.8. The standard InChI is InChI=1S/C17H23N3O2.ClH/c1-17(8-4-9-18-12-17)16(22)19-13-5-2-6-14(11-13)20-10-3-7-15(20)21;/h2,5-6,11,18H,3-4,7-10,12H2,1H3,(H,19,22);1H. The average molecular weight is 338 g/mol. The summed E-state index contributed by atoms with van der Waals surface area (Å²) in [6.07, 6.45) is 3.43. The summed E-state index contributed by atoms with van der Waals surface area (Å²) in [5.41, 5.74) is 1.26. The van der Waals surface area contributed by atoms with Crippen molar-refractivity contribution in [3.05, 3.63) is 24.3 Å². The Morgan fingerprint density at radius 3 is 2.83 bits per heavy atom. The van der Waals surface area contributed by atoms with Crippen molar-refractivity contribution in [2.75, 3.05) is 29.9 Å². The number of nitrogens with one attached hydrogen (secondary N) is 2. The number of piperidine rings is 1. The summed E-state index contributed by atoms with van der Waals surface area (Å²) in [5, 5.41) is 6.30. The van der Waals surface area contributed by atoms with Crippen molar-refractivity contribution in [2.45, 2.75) is 32.6 Å². The van der Waals surface area contributed by atoms with Crippen molar-refractivity contribution < 1.29 is 9.59 Å². The maximum Gasteiger partial charge on any atom is 0.231 e. The van der Waals surface area contributed by atoms with Crippen LogP contribution in [0.15, 0.2) is 24.3 Å². The molecule has 1 unspecified atom stereocenters. The third-order valence-electron chi connectivity index (χ3n) is 4.63. The summed E-state index contributed by atoms with van der Waals surface area (Å²) in [6.45, 7) is 4.46. The molecule has 126 valence electrons. The van der Waals surface area contributed by atoms with Crippen LogP contribution < -0.4 is 15.5 Å². The molecule has 23 heavy (non-hydrogen) atoms. The topological polar surface area (TPSA) is 61.4 Å².